The lowest BCUT2D eigenvalue weighted by atomic mass is 10.1. The van der Waals surface area contributed by atoms with Gasteiger partial charge in [-0.3, -0.25) is 4.90 Å². The van der Waals surface area contributed by atoms with Gasteiger partial charge in [0, 0.05) is 23.9 Å². The van der Waals surface area contributed by atoms with Crippen molar-refractivity contribution in [1.82, 2.24) is 4.90 Å². The van der Waals surface area contributed by atoms with Crippen molar-refractivity contribution in [2.45, 2.75) is 31.6 Å². The first-order valence-corrected chi connectivity index (χ1v) is 8.57. The van der Waals surface area contributed by atoms with Gasteiger partial charge in [-0.25, -0.2) is 0 Å². The van der Waals surface area contributed by atoms with Crippen LogP contribution in [0.1, 0.15) is 25.3 Å². The molecule has 2 rings (SSSR count). The van der Waals surface area contributed by atoms with Gasteiger partial charge < -0.3 is 9.47 Å². The molecule has 0 fully saturated rings. The summed E-state index contributed by atoms with van der Waals surface area (Å²) in [5.74, 6) is 1.78. The minimum absolute atomic E-state index is 0.724. The van der Waals surface area contributed by atoms with E-state index in [1.54, 1.807) is 7.11 Å². The maximum absolute atomic E-state index is 5.89. The first-order chi connectivity index (χ1) is 9.74. The van der Waals surface area contributed by atoms with Crippen molar-refractivity contribution in [2.24, 2.45) is 0 Å². The third-order valence-electron chi connectivity index (χ3n) is 3.79. The summed E-state index contributed by atoms with van der Waals surface area (Å²) in [4.78, 5) is 2.54. The van der Waals surface area contributed by atoms with E-state index in [9.17, 15) is 0 Å². The molecular weight excluding hydrogens is 270 g/mol. The van der Waals surface area contributed by atoms with Gasteiger partial charge in [-0.15, -0.1) is 0 Å². The summed E-state index contributed by atoms with van der Waals surface area (Å²) in [5, 5.41) is 0.724. The normalized spacial score (nSPS) is 17.6. The number of methoxy groups -OCH3 is 1. The van der Waals surface area contributed by atoms with Crippen LogP contribution in [0, 0.1) is 0 Å². The van der Waals surface area contributed by atoms with Gasteiger partial charge in [0.2, 0.25) is 0 Å². The lowest BCUT2D eigenvalue weighted by Gasteiger charge is -2.27. The Balaban J connectivity index is 2.08. The van der Waals surface area contributed by atoms with Crippen LogP contribution in [-0.4, -0.2) is 43.2 Å². The molecule has 3 nitrogen and oxygen atoms in total. The topological polar surface area (TPSA) is 21.7 Å². The molecule has 1 aliphatic rings. The predicted octanol–water partition coefficient (Wildman–Crippen LogP) is 3.42. The summed E-state index contributed by atoms with van der Waals surface area (Å²) in [7, 11) is 1.70. The van der Waals surface area contributed by atoms with E-state index in [4.69, 9.17) is 9.47 Å². The highest BCUT2D eigenvalue weighted by molar-refractivity contribution is 7.99. The lowest BCUT2D eigenvalue weighted by molar-refractivity contribution is 0.199. The molecule has 20 heavy (non-hydrogen) atoms. The monoisotopic (exact) mass is 295 g/mol. The van der Waals surface area contributed by atoms with Crippen LogP contribution in [0.2, 0.25) is 0 Å². The van der Waals surface area contributed by atoms with E-state index in [0.29, 0.717) is 0 Å². The average molecular weight is 295 g/mol. The van der Waals surface area contributed by atoms with Crippen LogP contribution in [0.15, 0.2) is 18.2 Å². The fraction of sp³-hybridized carbons (Fsp3) is 0.625. The summed E-state index contributed by atoms with van der Waals surface area (Å²) in [6.07, 6.45) is 4.50. The number of rotatable bonds is 5. The summed E-state index contributed by atoms with van der Waals surface area (Å²) < 4.78 is 11.3. The molecule has 0 radical (unpaired) electrons. The molecule has 1 aliphatic heterocycles. The molecule has 0 aliphatic carbocycles. The molecule has 0 saturated heterocycles. The van der Waals surface area contributed by atoms with Crippen molar-refractivity contribution in [3.63, 3.8) is 0 Å². The fourth-order valence-corrected chi connectivity index (χ4v) is 2.81. The lowest BCUT2D eigenvalue weighted by Crippen LogP contribution is -2.30. The Labute approximate surface area is 126 Å². The SMILES string of the molecule is COc1cccc2c1OCCCN(CC[C@@H](C)SC)C2. The van der Waals surface area contributed by atoms with Crippen LogP contribution in [-0.2, 0) is 6.54 Å². The highest BCUT2D eigenvalue weighted by Gasteiger charge is 2.17. The summed E-state index contributed by atoms with van der Waals surface area (Å²) in [6.45, 7) is 6.28. The van der Waals surface area contributed by atoms with Gasteiger partial charge in [-0.1, -0.05) is 19.1 Å². The molecular formula is C16H25NO2S. The molecule has 1 aromatic carbocycles. The van der Waals surface area contributed by atoms with E-state index in [2.05, 4.69) is 24.1 Å². The molecule has 0 aromatic heterocycles. The van der Waals surface area contributed by atoms with Gasteiger partial charge in [0.15, 0.2) is 11.5 Å². The van der Waals surface area contributed by atoms with Crippen molar-refractivity contribution in [3.05, 3.63) is 23.8 Å². The van der Waals surface area contributed by atoms with Crippen molar-refractivity contribution in [3.8, 4) is 11.5 Å². The van der Waals surface area contributed by atoms with Crippen LogP contribution in [0.3, 0.4) is 0 Å². The molecule has 0 unspecified atom stereocenters. The molecule has 1 atom stereocenters. The molecule has 0 amide bonds. The standard InChI is InChI=1S/C16H25NO2S/c1-13(20-3)8-10-17-9-5-11-19-16-14(12-17)6-4-7-15(16)18-2/h4,6-7,13H,5,8-12H2,1-3H3/t13-/m1/s1. The summed E-state index contributed by atoms with van der Waals surface area (Å²) in [5.41, 5.74) is 1.24. The number of ether oxygens (including phenoxy) is 2. The fourth-order valence-electron chi connectivity index (χ4n) is 2.47. The minimum atomic E-state index is 0.724. The average Bonchev–Trinajstić information content (AvgIpc) is 2.45. The van der Waals surface area contributed by atoms with Crippen LogP contribution in [0.25, 0.3) is 0 Å². The zero-order valence-corrected chi connectivity index (χ0v) is 13.5. The minimum Gasteiger partial charge on any atom is -0.493 e. The molecule has 0 saturated carbocycles. The van der Waals surface area contributed by atoms with Crippen molar-refractivity contribution in [2.75, 3.05) is 33.1 Å². The highest BCUT2D eigenvalue weighted by Crippen LogP contribution is 2.33. The number of fused-ring (bicyclic) bond motifs is 1. The van der Waals surface area contributed by atoms with E-state index in [1.807, 2.05) is 23.9 Å². The number of thioether (sulfide) groups is 1. The van der Waals surface area contributed by atoms with Gasteiger partial charge in [-0.2, -0.15) is 11.8 Å². The molecule has 0 bridgehead atoms. The van der Waals surface area contributed by atoms with Crippen molar-refractivity contribution in [1.29, 1.82) is 0 Å². The van der Waals surface area contributed by atoms with E-state index in [0.717, 1.165) is 49.4 Å². The van der Waals surface area contributed by atoms with Crippen LogP contribution < -0.4 is 9.47 Å². The Hall–Kier alpha value is -0.870. The van der Waals surface area contributed by atoms with E-state index in [-0.39, 0.29) is 0 Å². The second-order valence-corrected chi connectivity index (χ2v) is 6.54. The Morgan fingerprint density at radius 1 is 1.45 bits per heavy atom. The zero-order valence-electron chi connectivity index (χ0n) is 12.7. The second-order valence-electron chi connectivity index (χ2n) is 5.26. The van der Waals surface area contributed by atoms with E-state index < -0.39 is 0 Å². The quantitative estimate of drug-likeness (QED) is 0.829. The van der Waals surface area contributed by atoms with Crippen molar-refractivity contribution >= 4 is 11.8 Å². The number of benzene rings is 1. The molecule has 0 N–H and O–H groups in total. The molecule has 112 valence electrons. The number of para-hydroxylation sites is 1. The zero-order chi connectivity index (χ0) is 14.4. The van der Waals surface area contributed by atoms with Crippen LogP contribution >= 0.6 is 11.8 Å². The van der Waals surface area contributed by atoms with Gasteiger partial charge >= 0.3 is 0 Å². The maximum Gasteiger partial charge on any atom is 0.165 e. The predicted molar refractivity (Wildman–Crippen MR) is 86.0 cm³/mol. The third-order valence-corrected chi connectivity index (χ3v) is 4.83. The van der Waals surface area contributed by atoms with Gasteiger partial charge in [-0.05, 0) is 31.7 Å². The van der Waals surface area contributed by atoms with Crippen LogP contribution in [0.5, 0.6) is 11.5 Å². The summed E-state index contributed by atoms with van der Waals surface area (Å²) >= 11 is 1.94. The molecule has 1 aromatic rings. The summed E-state index contributed by atoms with van der Waals surface area (Å²) in [6, 6.07) is 6.17. The highest BCUT2D eigenvalue weighted by atomic mass is 32.2. The smallest absolute Gasteiger partial charge is 0.165 e. The number of hydrogen-bond acceptors (Lipinski definition) is 4. The van der Waals surface area contributed by atoms with E-state index in [1.165, 1.54) is 12.0 Å². The molecule has 1 heterocycles. The van der Waals surface area contributed by atoms with Gasteiger partial charge in [0.05, 0.1) is 13.7 Å². The number of hydrogen-bond donors (Lipinski definition) is 0. The Morgan fingerprint density at radius 3 is 3.05 bits per heavy atom. The Bertz CT molecular complexity index is 425. The maximum atomic E-state index is 5.89. The Morgan fingerprint density at radius 2 is 2.30 bits per heavy atom. The van der Waals surface area contributed by atoms with Crippen molar-refractivity contribution < 1.29 is 9.47 Å². The van der Waals surface area contributed by atoms with Crippen LogP contribution in [0.4, 0.5) is 0 Å². The molecule has 4 heteroatoms. The molecule has 0 spiro atoms. The number of nitrogens with zero attached hydrogens (tertiary/aromatic N) is 1. The van der Waals surface area contributed by atoms with E-state index >= 15 is 0 Å². The third kappa shape index (κ3) is 4.06. The Kier molecular flexibility index (Phi) is 6.05. The first-order valence-electron chi connectivity index (χ1n) is 7.28. The largest absolute Gasteiger partial charge is 0.493 e. The second kappa shape index (κ2) is 7.79. The van der Waals surface area contributed by atoms with Gasteiger partial charge in [0.25, 0.3) is 0 Å². The van der Waals surface area contributed by atoms with Gasteiger partial charge in [0.1, 0.15) is 0 Å². The first kappa shape index (κ1) is 15.5.